The van der Waals surface area contributed by atoms with Crippen molar-refractivity contribution < 1.29 is 9.13 Å². The Kier molecular flexibility index (Phi) is 5.50. The standard InChI is InChI=1S/C13H19FN2OS/c1-4-16(9(2)8-17-3)12-6-5-10(14)7-11(12)13(15)18/h5-7,9H,4,8H2,1-3H3,(H2,15,18). The summed E-state index contributed by atoms with van der Waals surface area (Å²) in [6.45, 7) is 5.42. The first-order valence-corrected chi connectivity index (χ1v) is 6.27. The molecule has 1 aromatic carbocycles. The highest BCUT2D eigenvalue weighted by molar-refractivity contribution is 7.80. The van der Waals surface area contributed by atoms with Crippen molar-refractivity contribution in [3.8, 4) is 0 Å². The molecule has 100 valence electrons. The molecule has 0 aromatic heterocycles. The van der Waals surface area contributed by atoms with Gasteiger partial charge in [0.05, 0.1) is 6.61 Å². The van der Waals surface area contributed by atoms with Crippen LogP contribution in [0.25, 0.3) is 0 Å². The number of hydrogen-bond donors (Lipinski definition) is 1. The van der Waals surface area contributed by atoms with Crippen molar-refractivity contribution in [2.45, 2.75) is 19.9 Å². The number of benzene rings is 1. The average Bonchev–Trinajstić information content (AvgIpc) is 2.32. The fourth-order valence-electron chi connectivity index (χ4n) is 2.01. The minimum atomic E-state index is -0.336. The maximum absolute atomic E-state index is 13.3. The summed E-state index contributed by atoms with van der Waals surface area (Å²) in [5, 5.41) is 0. The third kappa shape index (κ3) is 3.40. The molecular formula is C13H19FN2OS. The van der Waals surface area contributed by atoms with Gasteiger partial charge in [-0.2, -0.15) is 0 Å². The van der Waals surface area contributed by atoms with Gasteiger partial charge in [-0.1, -0.05) is 12.2 Å². The third-order valence-corrected chi connectivity index (χ3v) is 3.03. The van der Waals surface area contributed by atoms with Crippen LogP contribution in [0.4, 0.5) is 10.1 Å². The summed E-state index contributed by atoms with van der Waals surface area (Å²) in [5.41, 5.74) is 7.07. The Morgan fingerprint density at radius 3 is 2.72 bits per heavy atom. The van der Waals surface area contributed by atoms with Crippen molar-refractivity contribution in [2.75, 3.05) is 25.2 Å². The molecule has 0 saturated carbocycles. The van der Waals surface area contributed by atoms with Gasteiger partial charge < -0.3 is 15.4 Å². The second-order valence-electron chi connectivity index (χ2n) is 4.12. The number of ether oxygens (including phenoxy) is 1. The lowest BCUT2D eigenvalue weighted by molar-refractivity contribution is 0.182. The molecule has 0 amide bonds. The van der Waals surface area contributed by atoms with E-state index in [1.54, 1.807) is 13.2 Å². The number of halogens is 1. The van der Waals surface area contributed by atoms with Crippen LogP contribution in [0.3, 0.4) is 0 Å². The Morgan fingerprint density at radius 2 is 2.22 bits per heavy atom. The van der Waals surface area contributed by atoms with Gasteiger partial charge in [0.1, 0.15) is 10.8 Å². The summed E-state index contributed by atoms with van der Waals surface area (Å²) in [7, 11) is 1.66. The first-order valence-electron chi connectivity index (χ1n) is 5.86. The van der Waals surface area contributed by atoms with Crippen LogP contribution >= 0.6 is 12.2 Å². The Morgan fingerprint density at radius 1 is 1.56 bits per heavy atom. The highest BCUT2D eigenvalue weighted by Crippen LogP contribution is 2.23. The smallest absolute Gasteiger partial charge is 0.124 e. The molecule has 0 bridgehead atoms. The number of rotatable bonds is 6. The Labute approximate surface area is 113 Å². The minimum Gasteiger partial charge on any atom is -0.389 e. The van der Waals surface area contributed by atoms with Crippen LogP contribution < -0.4 is 10.6 Å². The normalized spacial score (nSPS) is 12.2. The summed E-state index contributed by atoms with van der Waals surface area (Å²) >= 11 is 4.98. The van der Waals surface area contributed by atoms with E-state index in [2.05, 4.69) is 4.90 Å². The monoisotopic (exact) mass is 270 g/mol. The molecule has 1 unspecified atom stereocenters. The Bertz CT molecular complexity index is 425. The summed E-state index contributed by atoms with van der Waals surface area (Å²) in [6.07, 6.45) is 0. The molecule has 1 rings (SSSR count). The molecule has 1 atom stereocenters. The summed E-state index contributed by atoms with van der Waals surface area (Å²) < 4.78 is 18.4. The molecule has 0 heterocycles. The summed E-state index contributed by atoms with van der Waals surface area (Å²) in [6, 6.07) is 4.66. The van der Waals surface area contributed by atoms with Crippen LogP contribution in [0.15, 0.2) is 18.2 Å². The first kappa shape index (κ1) is 14.9. The fourth-order valence-corrected chi connectivity index (χ4v) is 2.17. The zero-order chi connectivity index (χ0) is 13.7. The lowest BCUT2D eigenvalue weighted by Gasteiger charge is -2.31. The molecule has 5 heteroatoms. The molecule has 0 fully saturated rings. The molecule has 0 aliphatic heterocycles. The number of anilines is 1. The van der Waals surface area contributed by atoms with Gasteiger partial charge in [-0.15, -0.1) is 0 Å². The van der Waals surface area contributed by atoms with Gasteiger partial charge in [-0.3, -0.25) is 0 Å². The number of thiocarbonyl (C=S) groups is 1. The fraction of sp³-hybridized carbons (Fsp3) is 0.462. The van der Waals surface area contributed by atoms with Gasteiger partial charge in [-0.05, 0) is 32.0 Å². The molecule has 0 radical (unpaired) electrons. The van der Waals surface area contributed by atoms with Crippen molar-refractivity contribution in [1.82, 2.24) is 0 Å². The number of nitrogens with two attached hydrogens (primary N) is 1. The zero-order valence-electron chi connectivity index (χ0n) is 10.9. The highest BCUT2D eigenvalue weighted by atomic mass is 32.1. The van der Waals surface area contributed by atoms with E-state index in [0.717, 1.165) is 12.2 Å². The van der Waals surface area contributed by atoms with Gasteiger partial charge in [0.2, 0.25) is 0 Å². The highest BCUT2D eigenvalue weighted by Gasteiger charge is 2.17. The van der Waals surface area contributed by atoms with Crippen LogP contribution in [0, 0.1) is 5.82 Å². The second kappa shape index (κ2) is 6.66. The van der Waals surface area contributed by atoms with Crippen molar-refractivity contribution >= 4 is 22.9 Å². The van der Waals surface area contributed by atoms with Crippen molar-refractivity contribution in [1.29, 1.82) is 0 Å². The molecule has 2 N–H and O–H groups in total. The average molecular weight is 270 g/mol. The number of hydrogen-bond acceptors (Lipinski definition) is 3. The molecule has 0 aliphatic rings. The molecule has 0 saturated heterocycles. The van der Waals surface area contributed by atoms with E-state index < -0.39 is 0 Å². The number of nitrogens with zero attached hydrogens (tertiary/aromatic N) is 1. The third-order valence-electron chi connectivity index (χ3n) is 2.81. The van der Waals surface area contributed by atoms with Gasteiger partial charge >= 0.3 is 0 Å². The Balaban J connectivity index is 3.16. The molecule has 18 heavy (non-hydrogen) atoms. The molecular weight excluding hydrogens is 251 g/mol. The van der Waals surface area contributed by atoms with Crippen LogP contribution in [0.5, 0.6) is 0 Å². The first-order chi connectivity index (χ1) is 8.51. The zero-order valence-corrected chi connectivity index (χ0v) is 11.8. The minimum absolute atomic E-state index is 0.165. The van der Waals surface area contributed by atoms with Crippen LogP contribution in [-0.4, -0.2) is 31.3 Å². The molecule has 0 spiro atoms. The maximum atomic E-state index is 13.3. The van der Waals surface area contributed by atoms with Crippen LogP contribution in [0.1, 0.15) is 19.4 Å². The molecule has 1 aromatic rings. The van der Waals surface area contributed by atoms with Gasteiger partial charge in [0.25, 0.3) is 0 Å². The largest absolute Gasteiger partial charge is 0.389 e. The summed E-state index contributed by atoms with van der Waals surface area (Å²) in [5.74, 6) is -0.336. The molecule has 3 nitrogen and oxygen atoms in total. The molecule has 0 aliphatic carbocycles. The van der Waals surface area contributed by atoms with E-state index in [1.807, 2.05) is 13.8 Å². The van der Waals surface area contributed by atoms with Crippen LogP contribution in [-0.2, 0) is 4.74 Å². The SMILES string of the molecule is CCN(c1ccc(F)cc1C(N)=S)C(C)COC. The van der Waals surface area contributed by atoms with Crippen LogP contribution in [0.2, 0.25) is 0 Å². The van der Waals surface area contributed by atoms with E-state index >= 15 is 0 Å². The predicted octanol–water partition coefficient (Wildman–Crippen LogP) is 2.32. The topological polar surface area (TPSA) is 38.5 Å². The van der Waals surface area contributed by atoms with Gasteiger partial charge in [0, 0.05) is 30.9 Å². The second-order valence-corrected chi connectivity index (χ2v) is 4.56. The quantitative estimate of drug-likeness (QED) is 0.805. The maximum Gasteiger partial charge on any atom is 0.124 e. The number of likely N-dealkylation sites (N-methyl/N-ethyl adjacent to an activating group) is 1. The van der Waals surface area contributed by atoms with Crippen molar-refractivity contribution in [2.24, 2.45) is 5.73 Å². The van der Waals surface area contributed by atoms with Crippen molar-refractivity contribution in [3.63, 3.8) is 0 Å². The summed E-state index contributed by atoms with van der Waals surface area (Å²) in [4.78, 5) is 2.30. The van der Waals surface area contributed by atoms with E-state index in [4.69, 9.17) is 22.7 Å². The van der Waals surface area contributed by atoms with E-state index in [-0.39, 0.29) is 16.8 Å². The number of methoxy groups -OCH3 is 1. The van der Waals surface area contributed by atoms with Crippen molar-refractivity contribution in [3.05, 3.63) is 29.6 Å². The lowest BCUT2D eigenvalue weighted by Crippen LogP contribution is -2.37. The Hall–Kier alpha value is -1.20. The predicted molar refractivity (Wildman–Crippen MR) is 76.6 cm³/mol. The van der Waals surface area contributed by atoms with Gasteiger partial charge in [-0.25, -0.2) is 4.39 Å². The van der Waals surface area contributed by atoms with Gasteiger partial charge in [0.15, 0.2) is 0 Å². The van der Waals surface area contributed by atoms with E-state index in [9.17, 15) is 4.39 Å². The van der Waals surface area contributed by atoms with E-state index in [1.165, 1.54) is 12.1 Å². The van der Waals surface area contributed by atoms with E-state index in [0.29, 0.717) is 12.2 Å². The lowest BCUT2D eigenvalue weighted by atomic mass is 10.1.